The molecule has 3 N–H and O–H groups in total. The van der Waals surface area contributed by atoms with E-state index >= 15 is 0 Å². The average molecular weight is 250 g/mol. The Morgan fingerprint density at radius 1 is 1.39 bits per heavy atom. The van der Waals surface area contributed by atoms with E-state index in [2.05, 4.69) is 19.2 Å². The van der Waals surface area contributed by atoms with E-state index in [4.69, 9.17) is 10.5 Å². The second-order valence-corrected chi connectivity index (χ2v) is 4.40. The van der Waals surface area contributed by atoms with Gasteiger partial charge < -0.3 is 15.8 Å². The molecule has 0 aliphatic heterocycles. The summed E-state index contributed by atoms with van der Waals surface area (Å²) in [6.07, 6.45) is 2.28. The van der Waals surface area contributed by atoms with Crippen LogP contribution in [0.25, 0.3) is 0 Å². The molecule has 0 aliphatic carbocycles. The highest BCUT2D eigenvalue weighted by Crippen LogP contribution is 2.06. The quantitative estimate of drug-likeness (QED) is 0.442. The lowest BCUT2D eigenvalue weighted by atomic mass is 10.2. The predicted molar refractivity (Wildman–Crippen MR) is 73.5 cm³/mol. The minimum absolute atomic E-state index is 0.306. The van der Waals surface area contributed by atoms with Gasteiger partial charge in [-0.15, -0.1) is 0 Å². The maximum atomic E-state index is 11.6. The highest BCUT2D eigenvalue weighted by Gasteiger charge is 2.06. The monoisotopic (exact) mass is 250 g/mol. The molecule has 0 saturated heterocycles. The van der Waals surface area contributed by atoms with E-state index in [1.54, 1.807) is 24.3 Å². The smallest absolute Gasteiger partial charge is 0.338 e. The van der Waals surface area contributed by atoms with Crippen molar-refractivity contribution in [2.75, 3.05) is 18.9 Å². The van der Waals surface area contributed by atoms with E-state index in [1.807, 2.05) is 0 Å². The zero-order chi connectivity index (χ0) is 13.4. The number of nitrogens with two attached hydrogens (primary N) is 1. The minimum Gasteiger partial charge on any atom is -0.461 e. The van der Waals surface area contributed by atoms with Crippen LogP contribution in [0.1, 0.15) is 37.0 Å². The number of hydrogen-bond acceptors (Lipinski definition) is 4. The highest BCUT2D eigenvalue weighted by molar-refractivity contribution is 5.89. The number of carbonyl (C=O) groups excluding carboxylic acids is 1. The SMILES string of the molecule is CCC[C@H](C)NCCOC(=O)c1ccc(N)cc1. The van der Waals surface area contributed by atoms with Gasteiger partial charge in [-0.3, -0.25) is 0 Å². The van der Waals surface area contributed by atoms with E-state index in [0.717, 1.165) is 12.8 Å². The Labute approximate surface area is 109 Å². The van der Waals surface area contributed by atoms with Gasteiger partial charge in [0.15, 0.2) is 0 Å². The summed E-state index contributed by atoms with van der Waals surface area (Å²) in [4.78, 5) is 11.6. The highest BCUT2D eigenvalue weighted by atomic mass is 16.5. The summed E-state index contributed by atoms with van der Waals surface area (Å²) < 4.78 is 5.15. The van der Waals surface area contributed by atoms with Crippen molar-refractivity contribution in [1.29, 1.82) is 0 Å². The maximum Gasteiger partial charge on any atom is 0.338 e. The predicted octanol–water partition coefficient (Wildman–Crippen LogP) is 2.20. The lowest BCUT2D eigenvalue weighted by Gasteiger charge is -2.12. The van der Waals surface area contributed by atoms with Gasteiger partial charge in [-0.25, -0.2) is 4.79 Å². The first-order chi connectivity index (χ1) is 8.63. The van der Waals surface area contributed by atoms with Gasteiger partial charge in [0.25, 0.3) is 0 Å². The molecule has 0 unspecified atom stereocenters. The molecule has 0 saturated carbocycles. The number of esters is 1. The molecule has 1 atom stereocenters. The Morgan fingerprint density at radius 3 is 2.67 bits per heavy atom. The summed E-state index contributed by atoms with van der Waals surface area (Å²) >= 11 is 0. The fourth-order valence-electron chi connectivity index (χ4n) is 1.69. The number of anilines is 1. The molecule has 100 valence electrons. The van der Waals surface area contributed by atoms with E-state index in [9.17, 15) is 4.79 Å². The summed E-state index contributed by atoms with van der Waals surface area (Å²) in [6, 6.07) is 7.19. The second kappa shape index (κ2) is 7.71. The van der Waals surface area contributed by atoms with Crippen molar-refractivity contribution in [3.8, 4) is 0 Å². The first-order valence-electron chi connectivity index (χ1n) is 6.39. The number of carbonyl (C=O) groups is 1. The van der Waals surface area contributed by atoms with Gasteiger partial charge >= 0.3 is 5.97 Å². The Bertz CT molecular complexity index is 363. The number of hydrogen-bond donors (Lipinski definition) is 2. The Balaban J connectivity index is 2.23. The third-order valence-corrected chi connectivity index (χ3v) is 2.70. The molecule has 4 nitrogen and oxygen atoms in total. The molecular weight excluding hydrogens is 228 g/mol. The molecule has 4 heteroatoms. The largest absolute Gasteiger partial charge is 0.461 e. The molecule has 1 rings (SSSR count). The van der Waals surface area contributed by atoms with Gasteiger partial charge in [0.2, 0.25) is 0 Å². The van der Waals surface area contributed by atoms with Gasteiger partial charge in [0.05, 0.1) is 5.56 Å². The first kappa shape index (κ1) is 14.5. The normalized spacial score (nSPS) is 12.1. The average Bonchev–Trinajstić information content (AvgIpc) is 2.35. The summed E-state index contributed by atoms with van der Waals surface area (Å²) in [5, 5.41) is 3.30. The van der Waals surface area contributed by atoms with E-state index in [1.165, 1.54) is 0 Å². The molecule has 0 radical (unpaired) electrons. The van der Waals surface area contributed by atoms with Gasteiger partial charge in [0, 0.05) is 18.3 Å². The third-order valence-electron chi connectivity index (χ3n) is 2.70. The van der Waals surface area contributed by atoms with Crippen LogP contribution in [0.3, 0.4) is 0 Å². The van der Waals surface area contributed by atoms with Crippen LogP contribution in [0.15, 0.2) is 24.3 Å². The van der Waals surface area contributed by atoms with Crippen LogP contribution < -0.4 is 11.1 Å². The molecule has 0 aromatic heterocycles. The first-order valence-corrected chi connectivity index (χ1v) is 6.39. The van der Waals surface area contributed by atoms with Crippen LogP contribution in [-0.2, 0) is 4.74 Å². The Hall–Kier alpha value is -1.55. The van der Waals surface area contributed by atoms with E-state index < -0.39 is 0 Å². The van der Waals surface area contributed by atoms with Crippen LogP contribution in [0.5, 0.6) is 0 Å². The summed E-state index contributed by atoms with van der Waals surface area (Å²) in [5.41, 5.74) is 6.72. The number of nitrogens with one attached hydrogen (secondary N) is 1. The molecule has 0 amide bonds. The van der Waals surface area contributed by atoms with Gasteiger partial charge in [0.1, 0.15) is 6.61 Å². The van der Waals surface area contributed by atoms with Crippen molar-refractivity contribution < 1.29 is 9.53 Å². The molecule has 0 aliphatic rings. The van der Waals surface area contributed by atoms with Gasteiger partial charge in [-0.2, -0.15) is 0 Å². The summed E-state index contributed by atoms with van der Waals surface area (Å²) in [7, 11) is 0. The fraction of sp³-hybridized carbons (Fsp3) is 0.500. The fourth-order valence-corrected chi connectivity index (χ4v) is 1.69. The summed E-state index contributed by atoms with van der Waals surface area (Å²) in [6.45, 7) is 5.35. The zero-order valence-electron chi connectivity index (χ0n) is 11.1. The van der Waals surface area contributed by atoms with E-state index in [0.29, 0.717) is 30.4 Å². The Morgan fingerprint density at radius 2 is 2.06 bits per heavy atom. The molecule has 18 heavy (non-hydrogen) atoms. The molecule has 1 aromatic carbocycles. The second-order valence-electron chi connectivity index (χ2n) is 4.40. The molecule has 0 heterocycles. The molecular formula is C14H22N2O2. The molecule has 0 bridgehead atoms. The molecule has 0 spiro atoms. The van der Waals surface area contributed by atoms with Gasteiger partial charge in [-0.05, 0) is 37.6 Å². The van der Waals surface area contributed by atoms with Crippen LogP contribution in [0.4, 0.5) is 5.69 Å². The number of benzene rings is 1. The topological polar surface area (TPSA) is 64.3 Å². The zero-order valence-corrected chi connectivity index (χ0v) is 11.1. The van der Waals surface area contributed by atoms with Crippen LogP contribution in [0, 0.1) is 0 Å². The van der Waals surface area contributed by atoms with Crippen LogP contribution in [-0.4, -0.2) is 25.2 Å². The number of rotatable bonds is 7. The van der Waals surface area contributed by atoms with E-state index in [-0.39, 0.29) is 5.97 Å². The maximum absolute atomic E-state index is 11.6. The Kier molecular flexibility index (Phi) is 6.22. The standard InChI is InChI=1S/C14H22N2O2/c1-3-4-11(2)16-9-10-18-14(17)12-5-7-13(15)8-6-12/h5-8,11,16H,3-4,9-10,15H2,1-2H3/t11-/m0/s1. The molecule has 0 fully saturated rings. The third kappa shape index (κ3) is 5.19. The van der Waals surface area contributed by atoms with Crippen molar-refractivity contribution in [2.45, 2.75) is 32.7 Å². The lowest BCUT2D eigenvalue weighted by Crippen LogP contribution is -2.29. The van der Waals surface area contributed by atoms with Crippen LogP contribution in [0.2, 0.25) is 0 Å². The molecule has 1 aromatic rings. The van der Waals surface area contributed by atoms with Crippen molar-refractivity contribution in [1.82, 2.24) is 5.32 Å². The lowest BCUT2D eigenvalue weighted by molar-refractivity contribution is 0.0506. The number of nitrogen functional groups attached to an aromatic ring is 1. The van der Waals surface area contributed by atoms with Crippen molar-refractivity contribution in [2.24, 2.45) is 0 Å². The minimum atomic E-state index is -0.306. The van der Waals surface area contributed by atoms with Crippen molar-refractivity contribution in [3.63, 3.8) is 0 Å². The summed E-state index contributed by atoms with van der Waals surface area (Å²) in [5.74, 6) is -0.306. The number of ether oxygens (including phenoxy) is 1. The van der Waals surface area contributed by atoms with Crippen LogP contribution >= 0.6 is 0 Å². The van der Waals surface area contributed by atoms with Crippen molar-refractivity contribution in [3.05, 3.63) is 29.8 Å². The van der Waals surface area contributed by atoms with Gasteiger partial charge in [-0.1, -0.05) is 13.3 Å². The van der Waals surface area contributed by atoms with Crippen molar-refractivity contribution >= 4 is 11.7 Å².